The number of rotatable bonds is 10. The maximum absolute atomic E-state index is 15.2. The van der Waals surface area contributed by atoms with Crippen molar-refractivity contribution in [2.24, 2.45) is 11.7 Å². The first-order valence-corrected chi connectivity index (χ1v) is 14.7. The predicted octanol–water partition coefficient (Wildman–Crippen LogP) is 6.02. The lowest BCUT2D eigenvalue weighted by Crippen LogP contribution is -2.46. The van der Waals surface area contributed by atoms with Gasteiger partial charge in [0.1, 0.15) is 17.3 Å². The van der Waals surface area contributed by atoms with E-state index in [-0.39, 0.29) is 55.6 Å². The van der Waals surface area contributed by atoms with Crippen molar-refractivity contribution in [2.45, 2.75) is 62.8 Å². The number of alkyl halides is 1. The van der Waals surface area contributed by atoms with Gasteiger partial charge in [0.25, 0.3) is 0 Å². The summed E-state index contributed by atoms with van der Waals surface area (Å²) < 4.78 is 56.1. The highest BCUT2D eigenvalue weighted by Crippen LogP contribution is 2.40. The molecule has 4 atom stereocenters. The fourth-order valence-corrected chi connectivity index (χ4v) is 6.15. The smallest absolute Gasteiger partial charge is 0.205 e. The molecule has 12 heteroatoms. The van der Waals surface area contributed by atoms with E-state index in [1.54, 1.807) is 12.4 Å². The number of H-pyrrole nitrogens is 1. The number of ether oxygens (including phenoxy) is 2. The number of nitrogens with two attached hydrogens (primary N) is 1. The quantitative estimate of drug-likeness (QED) is 0.163. The molecule has 3 heterocycles. The fourth-order valence-electron chi connectivity index (χ4n) is 6.15. The number of anilines is 2. The van der Waals surface area contributed by atoms with Gasteiger partial charge >= 0.3 is 0 Å². The van der Waals surface area contributed by atoms with E-state index in [0.29, 0.717) is 31.1 Å². The molecule has 0 bridgehead atoms. The lowest BCUT2D eigenvalue weighted by atomic mass is 9.74. The summed E-state index contributed by atoms with van der Waals surface area (Å²) in [5.74, 6) is -1.21. The van der Waals surface area contributed by atoms with E-state index in [0.717, 1.165) is 29.8 Å². The van der Waals surface area contributed by atoms with Crippen LogP contribution in [0, 0.1) is 34.3 Å². The molecule has 1 aromatic carbocycles. The lowest BCUT2D eigenvalue weighted by molar-refractivity contribution is -0.0198. The number of aromatic nitrogens is 3. The summed E-state index contributed by atoms with van der Waals surface area (Å²) in [4.78, 5) is 11.7. The Balaban J connectivity index is 1.25. The van der Waals surface area contributed by atoms with E-state index in [9.17, 15) is 8.78 Å². The Bertz CT molecular complexity index is 1510. The van der Waals surface area contributed by atoms with Crippen LogP contribution < -0.4 is 11.1 Å². The molecule has 0 spiro atoms. The average Bonchev–Trinajstić information content (AvgIpc) is 3.45. The van der Waals surface area contributed by atoms with Gasteiger partial charge in [-0.05, 0) is 66.2 Å². The highest BCUT2D eigenvalue weighted by Gasteiger charge is 2.37. The van der Waals surface area contributed by atoms with Gasteiger partial charge in [-0.2, -0.15) is 5.26 Å². The van der Waals surface area contributed by atoms with Gasteiger partial charge in [-0.25, -0.2) is 18.2 Å². The van der Waals surface area contributed by atoms with E-state index >= 15 is 4.39 Å². The number of imidazole rings is 1. The van der Waals surface area contributed by atoms with Gasteiger partial charge in [0.15, 0.2) is 0 Å². The SMILES string of the molecule is C[C@H]1C[C@@H](c2ccncc2Nc2ncc(/C=C\C(=N)c3c(F)cc(C4(F)CCOCC4)cc3F)[nH]2)C[C@@H](N)[C@H]1OCCC#N. The summed E-state index contributed by atoms with van der Waals surface area (Å²) in [5, 5.41) is 20.3. The molecule has 0 amide bonds. The van der Waals surface area contributed by atoms with Crippen LogP contribution in [0.25, 0.3) is 6.08 Å². The summed E-state index contributed by atoms with van der Waals surface area (Å²) in [7, 11) is 0. The summed E-state index contributed by atoms with van der Waals surface area (Å²) in [5.41, 5.74) is 5.92. The Kier molecular flexibility index (Phi) is 9.78. The van der Waals surface area contributed by atoms with Crippen molar-refractivity contribution in [3.05, 3.63) is 76.9 Å². The zero-order valence-electron chi connectivity index (χ0n) is 24.5. The van der Waals surface area contributed by atoms with Crippen LogP contribution in [-0.4, -0.2) is 52.6 Å². The zero-order chi connectivity index (χ0) is 31.3. The van der Waals surface area contributed by atoms with Gasteiger partial charge in [0.05, 0.1) is 60.3 Å². The molecule has 232 valence electrons. The van der Waals surface area contributed by atoms with Crippen LogP contribution in [0.2, 0.25) is 0 Å². The van der Waals surface area contributed by atoms with E-state index in [4.69, 9.17) is 25.9 Å². The number of allylic oxidation sites excluding steroid dienone is 1. The van der Waals surface area contributed by atoms with E-state index in [2.05, 4.69) is 33.3 Å². The normalized spacial score (nSPS) is 23.4. The van der Waals surface area contributed by atoms with Gasteiger partial charge in [-0.1, -0.05) is 6.92 Å². The Labute approximate surface area is 254 Å². The second kappa shape index (κ2) is 13.7. The van der Waals surface area contributed by atoms with E-state index in [1.165, 1.54) is 18.3 Å². The van der Waals surface area contributed by atoms with Crippen LogP contribution >= 0.6 is 0 Å². The van der Waals surface area contributed by atoms with Crippen molar-refractivity contribution in [1.82, 2.24) is 15.0 Å². The molecule has 9 nitrogen and oxygen atoms in total. The molecule has 1 saturated heterocycles. The minimum atomic E-state index is -1.86. The Morgan fingerprint density at radius 1 is 1.27 bits per heavy atom. The molecule has 1 aliphatic heterocycles. The van der Waals surface area contributed by atoms with Gasteiger partial charge < -0.3 is 30.9 Å². The minimum Gasteiger partial charge on any atom is -0.381 e. The van der Waals surface area contributed by atoms with Crippen LogP contribution in [0.3, 0.4) is 0 Å². The number of pyridine rings is 1. The molecule has 44 heavy (non-hydrogen) atoms. The fraction of sp³-hybridized carbons (Fsp3) is 0.438. The number of halogens is 3. The first-order valence-electron chi connectivity index (χ1n) is 14.7. The topological polar surface area (TPSA) is 146 Å². The van der Waals surface area contributed by atoms with Gasteiger partial charge in [-0.3, -0.25) is 4.98 Å². The maximum Gasteiger partial charge on any atom is 0.205 e. The third-order valence-corrected chi connectivity index (χ3v) is 8.41. The van der Waals surface area contributed by atoms with Crippen LogP contribution in [0.15, 0.2) is 42.9 Å². The standard InChI is InChI=1S/C32H36F3N7O2/c1-19-13-20(14-27(38)30(19)44-10-2-8-36)23-5-9-39-18-28(23)42-31-40-17-22(41-31)3-4-26(37)29-24(33)15-21(16-25(29)34)32(35)6-11-43-12-7-32/h3-5,9,15-20,27,30,37H,2,6-7,10-14,38H2,1H3,(H2,40,41,42)/b4-3-,37-26?/t19-,20+,27+,30-/m0/s1. The molecule has 2 fully saturated rings. The van der Waals surface area contributed by atoms with Crippen LogP contribution in [-0.2, 0) is 15.1 Å². The molecule has 2 aliphatic rings. The molecule has 0 unspecified atom stereocenters. The monoisotopic (exact) mass is 607 g/mol. The highest BCUT2D eigenvalue weighted by atomic mass is 19.1. The number of nitrogens with zero attached hydrogens (tertiary/aromatic N) is 3. The number of hydrogen-bond donors (Lipinski definition) is 4. The Morgan fingerprint density at radius 3 is 2.73 bits per heavy atom. The zero-order valence-corrected chi connectivity index (χ0v) is 24.5. The van der Waals surface area contributed by atoms with Crippen LogP contribution in [0.5, 0.6) is 0 Å². The summed E-state index contributed by atoms with van der Waals surface area (Å²) in [6, 6.07) is 5.81. The van der Waals surface area contributed by atoms with Gasteiger partial charge in [0, 0.05) is 38.3 Å². The van der Waals surface area contributed by atoms with Crippen LogP contribution in [0.1, 0.15) is 67.3 Å². The third-order valence-electron chi connectivity index (χ3n) is 8.41. The second-order valence-corrected chi connectivity index (χ2v) is 11.5. The predicted molar refractivity (Wildman–Crippen MR) is 160 cm³/mol. The minimum absolute atomic E-state index is 0.0201. The van der Waals surface area contributed by atoms with Crippen molar-refractivity contribution >= 4 is 23.4 Å². The summed E-state index contributed by atoms with van der Waals surface area (Å²) in [6.45, 7) is 2.83. The van der Waals surface area contributed by atoms with Crippen LogP contribution in [0.4, 0.5) is 24.8 Å². The Hall–Kier alpha value is -4.05. The van der Waals surface area contributed by atoms with Crippen molar-refractivity contribution in [2.75, 3.05) is 25.1 Å². The van der Waals surface area contributed by atoms with Crippen molar-refractivity contribution in [3.63, 3.8) is 0 Å². The first-order chi connectivity index (χ1) is 21.2. The number of hydrogen-bond acceptors (Lipinski definition) is 8. The number of aromatic amines is 1. The molecule has 2 aromatic heterocycles. The average molecular weight is 608 g/mol. The molecule has 1 saturated carbocycles. The molecular weight excluding hydrogens is 571 g/mol. The van der Waals surface area contributed by atoms with Crippen molar-refractivity contribution in [1.29, 1.82) is 10.7 Å². The molecule has 5 N–H and O–H groups in total. The maximum atomic E-state index is 15.2. The molecule has 1 aliphatic carbocycles. The molecule has 0 radical (unpaired) electrons. The molecule has 5 rings (SSSR count). The van der Waals surface area contributed by atoms with Gasteiger partial charge in [-0.15, -0.1) is 0 Å². The number of nitriles is 1. The number of benzene rings is 1. The van der Waals surface area contributed by atoms with E-state index in [1.807, 2.05) is 6.07 Å². The largest absolute Gasteiger partial charge is 0.381 e. The van der Waals surface area contributed by atoms with Gasteiger partial charge in [0.2, 0.25) is 5.95 Å². The Morgan fingerprint density at radius 2 is 2.02 bits per heavy atom. The first kappa shape index (κ1) is 31.4. The van der Waals surface area contributed by atoms with E-state index < -0.39 is 28.6 Å². The molecule has 3 aromatic rings. The van der Waals surface area contributed by atoms with Crippen molar-refractivity contribution < 1.29 is 22.6 Å². The highest BCUT2D eigenvalue weighted by molar-refractivity contribution is 6.09. The van der Waals surface area contributed by atoms with Crippen molar-refractivity contribution in [3.8, 4) is 6.07 Å². The third kappa shape index (κ3) is 7.01. The summed E-state index contributed by atoms with van der Waals surface area (Å²) in [6.07, 6.45) is 9.54. The lowest BCUT2D eigenvalue weighted by Gasteiger charge is -2.39. The number of nitrogens with one attached hydrogen (secondary N) is 3. The second-order valence-electron chi connectivity index (χ2n) is 11.5. The summed E-state index contributed by atoms with van der Waals surface area (Å²) >= 11 is 0. The molecular formula is C32H36F3N7O2.